The first-order chi connectivity index (χ1) is 17.8. The van der Waals surface area contributed by atoms with Crippen LogP contribution in [0.3, 0.4) is 0 Å². The van der Waals surface area contributed by atoms with Gasteiger partial charge in [0.05, 0.1) is 18.2 Å². The van der Waals surface area contributed by atoms with Crippen molar-refractivity contribution in [3.05, 3.63) is 59.2 Å². The van der Waals surface area contributed by atoms with Crippen molar-refractivity contribution in [1.29, 1.82) is 0 Å². The van der Waals surface area contributed by atoms with Gasteiger partial charge in [0.2, 0.25) is 0 Å². The van der Waals surface area contributed by atoms with Crippen LogP contribution in [-0.2, 0) is 16.0 Å². The smallest absolute Gasteiger partial charge is 0.414 e. The van der Waals surface area contributed by atoms with Gasteiger partial charge in [0, 0.05) is 18.2 Å². The van der Waals surface area contributed by atoms with E-state index in [2.05, 4.69) is 11.8 Å². The molecule has 4 rings (SSSR count). The number of rotatable bonds is 9. The lowest BCUT2D eigenvalue weighted by Crippen LogP contribution is -2.44. The standard InChI is InChI=1S/C25H30N2O4.C2H2O4/c1-3-13-26(18-16-21-22(30-2)11-8-12-23(21)31-17-18)14-6-7-15-27-24(28)19-9-4-5-10-20(19)25(27)29;3-1(4)2(5)6/h4-5,8-12,18H,3,6-7,13-17H2,1-2H3;(H,3,4)(H,5,6). The molecule has 0 saturated carbocycles. The Kier molecular flexibility index (Phi) is 9.62. The number of unbranched alkanes of at least 4 members (excludes halogenated alkanes) is 1. The van der Waals surface area contributed by atoms with Crippen molar-refractivity contribution in [2.45, 2.75) is 38.6 Å². The quantitative estimate of drug-likeness (QED) is 0.295. The van der Waals surface area contributed by atoms with Crippen molar-refractivity contribution >= 4 is 23.8 Å². The first-order valence-corrected chi connectivity index (χ1v) is 12.2. The number of benzene rings is 2. The molecule has 10 heteroatoms. The Morgan fingerprint density at radius 1 is 1.00 bits per heavy atom. The molecule has 0 bridgehead atoms. The van der Waals surface area contributed by atoms with E-state index in [9.17, 15) is 9.59 Å². The fraction of sp³-hybridized carbons (Fsp3) is 0.407. The number of methoxy groups -OCH3 is 1. The molecule has 198 valence electrons. The second-order valence-electron chi connectivity index (χ2n) is 8.77. The number of amides is 2. The summed E-state index contributed by atoms with van der Waals surface area (Å²) >= 11 is 0. The van der Waals surface area contributed by atoms with Gasteiger partial charge in [0.15, 0.2) is 0 Å². The van der Waals surface area contributed by atoms with Gasteiger partial charge in [-0.15, -0.1) is 0 Å². The van der Waals surface area contributed by atoms with Crippen LogP contribution in [0.15, 0.2) is 42.5 Å². The summed E-state index contributed by atoms with van der Waals surface area (Å²) in [5.41, 5.74) is 2.17. The zero-order chi connectivity index (χ0) is 26.9. The van der Waals surface area contributed by atoms with Gasteiger partial charge in [0.25, 0.3) is 11.8 Å². The van der Waals surface area contributed by atoms with Gasteiger partial charge < -0.3 is 19.7 Å². The van der Waals surface area contributed by atoms with Crippen molar-refractivity contribution in [2.24, 2.45) is 0 Å². The van der Waals surface area contributed by atoms with Gasteiger partial charge in [-0.3, -0.25) is 19.4 Å². The zero-order valence-corrected chi connectivity index (χ0v) is 21.0. The van der Waals surface area contributed by atoms with E-state index < -0.39 is 11.9 Å². The molecule has 2 N–H and O–H groups in total. The van der Waals surface area contributed by atoms with E-state index in [1.807, 2.05) is 18.2 Å². The second kappa shape index (κ2) is 12.9. The Morgan fingerprint density at radius 2 is 1.65 bits per heavy atom. The number of nitrogens with zero attached hydrogens (tertiary/aromatic N) is 2. The predicted molar refractivity (Wildman–Crippen MR) is 134 cm³/mol. The maximum absolute atomic E-state index is 12.5. The largest absolute Gasteiger partial charge is 0.496 e. The highest BCUT2D eigenvalue weighted by Gasteiger charge is 2.34. The number of fused-ring (bicyclic) bond motifs is 2. The third kappa shape index (κ3) is 6.65. The Labute approximate surface area is 215 Å². The highest BCUT2D eigenvalue weighted by molar-refractivity contribution is 6.27. The fourth-order valence-corrected chi connectivity index (χ4v) is 4.58. The molecule has 37 heavy (non-hydrogen) atoms. The molecule has 0 saturated heterocycles. The highest BCUT2D eigenvalue weighted by Crippen LogP contribution is 2.34. The van der Waals surface area contributed by atoms with Crippen molar-refractivity contribution in [3.63, 3.8) is 0 Å². The third-order valence-electron chi connectivity index (χ3n) is 6.35. The van der Waals surface area contributed by atoms with E-state index in [1.54, 1.807) is 31.4 Å². The lowest BCUT2D eigenvalue weighted by molar-refractivity contribution is -0.159. The number of carbonyl (C=O) groups is 4. The fourth-order valence-electron chi connectivity index (χ4n) is 4.58. The van der Waals surface area contributed by atoms with Crippen molar-refractivity contribution in [1.82, 2.24) is 9.80 Å². The predicted octanol–water partition coefficient (Wildman–Crippen LogP) is 2.94. The number of carboxylic acids is 2. The highest BCUT2D eigenvalue weighted by atomic mass is 16.5. The summed E-state index contributed by atoms with van der Waals surface area (Å²) in [4.78, 5) is 47.1. The number of hydrogen-bond donors (Lipinski definition) is 2. The maximum Gasteiger partial charge on any atom is 0.414 e. The van der Waals surface area contributed by atoms with Gasteiger partial charge in [-0.1, -0.05) is 25.1 Å². The van der Waals surface area contributed by atoms with Crippen molar-refractivity contribution in [3.8, 4) is 11.5 Å². The van der Waals surface area contributed by atoms with Crippen molar-refractivity contribution < 1.29 is 38.9 Å². The minimum absolute atomic E-state index is 0.171. The van der Waals surface area contributed by atoms with Gasteiger partial charge in [-0.2, -0.15) is 0 Å². The number of hydrogen-bond acceptors (Lipinski definition) is 7. The molecular weight excluding hydrogens is 480 g/mol. The van der Waals surface area contributed by atoms with E-state index in [1.165, 1.54) is 4.90 Å². The minimum Gasteiger partial charge on any atom is -0.496 e. The topological polar surface area (TPSA) is 134 Å². The first kappa shape index (κ1) is 27.7. The Hall–Kier alpha value is -3.92. The minimum atomic E-state index is -1.82. The molecule has 2 aromatic carbocycles. The third-order valence-corrected chi connectivity index (χ3v) is 6.35. The van der Waals surface area contributed by atoms with Crippen LogP contribution >= 0.6 is 0 Å². The number of carboxylic acid groups (broad SMARTS) is 2. The SMILES string of the molecule is CCCN(CCCCN1C(=O)c2ccccc2C1=O)C1COc2cccc(OC)c2C1.O=C(O)C(=O)O. The Morgan fingerprint density at radius 3 is 2.22 bits per heavy atom. The maximum atomic E-state index is 12.5. The van der Waals surface area contributed by atoms with E-state index in [0.717, 1.165) is 55.8 Å². The number of aliphatic carboxylic acids is 2. The average Bonchev–Trinajstić information content (AvgIpc) is 3.14. The average molecular weight is 513 g/mol. The van der Waals surface area contributed by atoms with Gasteiger partial charge in [-0.25, -0.2) is 9.59 Å². The van der Waals surface area contributed by atoms with Crippen LogP contribution in [0.1, 0.15) is 52.5 Å². The summed E-state index contributed by atoms with van der Waals surface area (Å²) in [6.45, 7) is 5.22. The molecule has 1 atom stereocenters. The molecule has 2 aliphatic rings. The van der Waals surface area contributed by atoms with E-state index in [0.29, 0.717) is 30.3 Å². The van der Waals surface area contributed by atoms with E-state index >= 15 is 0 Å². The molecule has 0 spiro atoms. The van der Waals surface area contributed by atoms with Gasteiger partial charge in [0.1, 0.15) is 18.1 Å². The van der Waals surface area contributed by atoms with Crippen LogP contribution in [0.2, 0.25) is 0 Å². The molecule has 2 amide bonds. The number of carbonyl (C=O) groups excluding carboxylic acids is 2. The van der Waals surface area contributed by atoms with Crippen LogP contribution in [0.25, 0.3) is 0 Å². The molecule has 2 aromatic rings. The summed E-state index contributed by atoms with van der Waals surface area (Å²) in [5.74, 6) is -2.20. The molecule has 0 radical (unpaired) electrons. The number of ether oxygens (including phenoxy) is 2. The second-order valence-corrected chi connectivity index (χ2v) is 8.77. The molecule has 2 heterocycles. The Balaban J connectivity index is 0.000000568. The van der Waals surface area contributed by atoms with Crippen LogP contribution in [0.5, 0.6) is 11.5 Å². The lowest BCUT2D eigenvalue weighted by atomic mass is 10.00. The molecule has 10 nitrogen and oxygen atoms in total. The monoisotopic (exact) mass is 512 g/mol. The zero-order valence-electron chi connectivity index (χ0n) is 21.0. The summed E-state index contributed by atoms with van der Waals surface area (Å²) in [7, 11) is 1.70. The molecular formula is C27H32N2O8. The molecule has 0 aromatic heterocycles. The molecule has 0 fully saturated rings. The molecule has 1 unspecified atom stereocenters. The normalized spacial score (nSPS) is 15.9. The van der Waals surface area contributed by atoms with Crippen LogP contribution in [-0.4, -0.2) is 83.2 Å². The lowest BCUT2D eigenvalue weighted by Gasteiger charge is -2.35. The summed E-state index contributed by atoms with van der Waals surface area (Å²) in [6.07, 6.45) is 3.67. The van der Waals surface area contributed by atoms with Crippen LogP contribution in [0.4, 0.5) is 0 Å². The number of imide groups is 1. The molecule has 2 aliphatic heterocycles. The van der Waals surface area contributed by atoms with Crippen LogP contribution < -0.4 is 9.47 Å². The van der Waals surface area contributed by atoms with Gasteiger partial charge in [-0.05, 0) is 63.0 Å². The van der Waals surface area contributed by atoms with E-state index in [-0.39, 0.29) is 11.8 Å². The van der Waals surface area contributed by atoms with E-state index in [4.69, 9.17) is 29.3 Å². The first-order valence-electron chi connectivity index (χ1n) is 12.2. The summed E-state index contributed by atoms with van der Waals surface area (Å²) in [6, 6.07) is 13.3. The Bertz CT molecular complexity index is 1090. The van der Waals surface area contributed by atoms with Crippen LogP contribution in [0, 0.1) is 0 Å². The molecule has 0 aliphatic carbocycles. The van der Waals surface area contributed by atoms with Gasteiger partial charge >= 0.3 is 11.9 Å². The summed E-state index contributed by atoms with van der Waals surface area (Å²) < 4.78 is 11.6. The van der Waals surface area contributed by atoms with Crippen molar-refractivity contribution in [2.75, 3.05) is 33.4 Å². The summed E-state index contributed by atoms with van der Waals surface area (Å²) in [5, 5.41) is 14.8.